The van der Waals surface area contributed by atoms with E-state index in [1.54, 1.807) is 38.2 Å². The predicted octanol–water partition coefficient (Wildman–Crippen LogP) is 4.42. The van der Waals surface area contributed by atoms with Crippen molar-refractivity contribution >= 4 is 22.0 Å². The average molecular weight is 403 g/mol. The molecule has 0 aliphatic rings. The summed E-state index contributed by atoms with van der Waals surface area (Å²) >= 11 is 0. The van der Waals surface area contributed by atoms with Gasteiger partial charge >= 0.3 is 12.1 Å². The van der Waals surface area contributed by atoms with E-state index < -0.39 is 28.5 Å². The normalized spacial score (nSPS) is 13.9. The molecule has 0 fully saturated rings. The van der Waals surface area contributed by atoms with Crippen molar-refractivity contribution < 1.29 is 26.2 Å². The van der Waals surface area contributed by atoms with Crippen LogP contribution in [0.4, 0.5) is 22.0 Å². The van der Waals surface area contributed by atoms with Crippen molar-refractivity contribution in [3.05, 3.63) is 42.1 Å². The van der Waals surface area contributed by atoms with Crippen molar-refractivity contribution in [1.29, 1.82) is 0 Å². The Kier molecular flexibility index (Phi) is 4.79. The predicted molar refractivity (Wildman–Crippen MR) is 90.8 cm³/mol. The molecule has 10 heteroatoms. The molecule has 2 heterocycles. The fraction of sp³-hybridized carbons (Fsp3) is 0.294. The third-order valence-corrected chi connectivity index (χ3v) is 5.43. The average Bonchev–Trinajstić information content (AvgIpc) is 2.96. The summed E-state index contributed by atoms with van der Waals surface area (Å²) in [6, 6.07) is 7.40. The van der Waals surface area contributed by atoms with Crippen molar-refractivity contribution in [2.24, 2.45) is 7.05 Å². The highest BCUT2D eigenvalue weighted by atomic mass is 32.2. The molecule has 0 bridgehead atoms. The largest absolute Gasteiger partial charge is 0.458 e. The summed E-state index contributed by atoms with van der Waals surface area (Å²) in [6.45, 7) is 1.74. The number of hydrogen-bond donors (Lipinski definition) is 0. The van der Waals surface area contributed by atoms with Crippen molar-refractivity contribution in [2.45, 2.75) is 23.9 Å². The SMILES string of the molecule is CCS(=O)c1ccccc1-c1nc2cc(C(F)(F)C(F)(F)F)cnc2n1C. The molecule has 1 unspecified atom stereocenters. The van der Waals surface area contributed by atoms with Gasteiger partial charge in [0.25, 0.3) is 0 Å². The van der Waals surface area contributed by atoms with Crippen LogP contribution in [0.5, 0.6) is 0 Å². The molecular formula is C17H14F5N3OS. The molecule has 0 spiro atoms. The van der Waals surface area contributed by atoms with E-state index in [-0.39, 0.29) is 17.0 Å². The summed E-state index contributed by atoms with van der Waals surface area (Å²) in [4.78, 5) is 8.43. The van der Waals surface area contributed by atoms with E-state index in [1.165, 1.54) is 4.57 Å². The van der Waals surface area contributed by atoms with Crippen LogP contribution in [-0.4, -0.2) is 30.7 Å². The minimum Gasteiger partial charge on any atom is -0.312 e. The molecule has 3 aromatic rings. The van der Waals surface area contributed by atoms with Gasteiger partial charge in [-0.15, -0.1) is 0 Å². The van der Waals surface area contributed by atoms with Gasteiger partial charge in [-0.1, -0.05) is 25.1 Å². The molecule has 1 aromatic carbocycles. The molecule has 144 valence electrons. The number of aromatic nitrogens is 3. The van der Waals surface area contributed by atoms with Crippen molar-refractivity contribution in [1.82, 2.24) is 14.5 Å². The minimum absolute atomic E-state index is 0.106. The van der Waals surface area contributed by atoms with E-state index in [0.717, 1.165) is 0 Å². The Hall–Kier alpha value is -2.36. The number of pyridine rings is 1. The first-order valence-electron chi connectivity index (χ1n) is 7.83. The number of imidazole rings is 1. The van der Waals surface area contributed by atoms with Gasteiger partial charge in [-0.05, 0) is 12.1 Å². The molecule has 0 amide bonds. The van der Waals surface area contributed by atoms with Gasteiger partial charge in [-0.2, -0.15) is 22.0 Å². The van der Waals surface area contributed by atoms with Crippen LogP contribution in [0.15, 0.2) is 41.4 Å². The molecule has 1 atom stereocenters. The van der Waals surface area contributed by atoms with E-state index in [9.17, 15) is 26.2 Å². The quantitative estimate of drug-likeness (QED) is 0.606. The van der Waals surface area contributed by atoms with Gasteiger partial charge in [0.05, 0.1) is 16.4 Å². The fourth-order valence-corrected chi connectivity index (χ4v) is 3.60. The summed E-state index contributed by atoms with van der Waals surface area (Å²) in [5, 5.41) is 0. The van der Waals surface area contributed by atoms with Crippen LogP contribution in [0.2, 0.25) is 0 Å². The van der Waals surface area contributed by atoms with Gasteiger partial charge in [0, 0.05) is 29.5 Å². The van der Waals surface area contributed by atoms with Crippen LogP contribution in [0.1, 0.15) is 12.5 Å². The van der Waals surface area contributed by atoms with Gasteiger partial charge in [-0.25, -0.2) is 9.97 Å². The molecule has 3 rings (SSSR count). The van der Waals surface area contributed by atoms with Crippen LogP contribution in [0, 0.1) is 0 Å². The monoisotopic (exact) mass is 403 g/mol. The topological polar surface area (TPSA) is 47.8 Å². The third kappa shape index (κ3) is 3.22. The number of rotatable bonds is 4. The lowest BCUT2D eigenvalue weighted by atomic mass is 10.1. The van der Waals surface area contributed by atoms with E-state index in [0.29, 0.717) is 28.5 Å². The molecule has 0 saturated heterocycles. The van der Waals surface area contributed by atoms with Gasteiger partial charge in [0.1, 0.15) is 11.3 Å². The van der Waals surface area contributed by atoms with E-state index in [4.69, 9.17) is 0 Å². The Morgan fingerprint density at radius 3 is 2.44 bits per heavy atom. The summed E-state index contributed by atoms with van der Waals surface area (Å²) < 4.78 is 78.8. The maximum absolute atomic E-state index is 13.6. The maximum atomic E-state index is 13.6. The first-order chi connectivity index (χ1) is 12.6. The molecule has 4 nitrogen and oxygen atoms in total. The zero-order valence-electron chi connectivity index (χ0n) is 14.2. The molecule has 0 radical (unpaired) electrons. The number of hydrogen-bond acceptors (Lipinski definition) is 3. The maximum Gasteiger partial charge on any atom is 0.458 e. The van der Waals surface area contributed by atoms with Crippen LogP contribution in [0.25, 0.3) is 22.6 Å². The van der Waals surface area contributed by atoms with Crippen LogP contribution in [0.3, 0.4) is 0 Å². The number of alkyl halides is 5. The Morgan fingerprint density at radius 1 is 1.15 bits per heavy atom. The molecular weight excluding hydrogens is 389 g/mol. The van der Waals surface area contributed by atoms with Crippen LogP contribution < -0.4 is 0 Å². The zero-order chi connectivity index (χ0) is 20.0. The van der Waals surface area contributed by atoms with Gasteiger partial charge in [0.2, 0.25) is 0 Å². The summed E-state index contributed by atoms with van der Waals surface area (Å²) in [6.07, 6.45) is -5.23. The lowest BCUT2D eigenvalue weighted by molar-refractivity contribution is -0.289. The molecule has 0 aliphatic heterocycles. The first-order valence-corrected chi connectivity index (χ1v) is 9.15. The van der Waals surface area contributed by atoms with Crippen molar-refractivity contribution in [3.63, 3.8) is 0 Å². The number of nitrogens with zero attached hydrogens (tertiary/aromatic N) is 3. The Morgan fingerprint density at radius 2 is 1.81 bits per heavy atom. The highest BCUT2D eigenvalue weighted by Crippen LogP contribution is 2.44. The third-order valence-electron chi connectivity index (χ3n) is 4.06. The molecule has 27 heavy (non-hydrogen) atoms. The van der Waals surface area contributed by atoms with E-state index in [1.807, 2.05) is 0 Å². The highest BCUT2D eigenvalue weighted by Gasteiger charge is 2.59. The number of fused-ring (bicyclic) bond motifs is 1. The number of halogens is 5. The Bertz CT molecular complexity index is 1030. The summed E-state index contributed by atoms with van der Waals surface area (Å²) in [7, 11) is 0.255. The standard InChI is InChI=1S/C17H14F5N3OS/c1-3-27(26)13-7-5-4-6-11(13)14-24-12-8-10(9-23-15(12)25(14)2)16(18,19)17(20,21)22/h4-9H,3H2,1-2H3. The Balaban J connectivity index is 2.19. The molecule has 0 N–H and O–H groups in total. The van der Waals surface area contributed by atoms with E-state index >= 15 is 0 Å². The van der Waals surface area contributed by atoms with Gasteiger partial charge in [0.15, 0.2) is 5.65 Å². The zero-order valence-corrected chi connectivity index (χ0v) is 15.0. The second kappa shape index (κ2) is 6.66. The molecule has 0 aliphatic carbocycles. The van der Waals surface area contributed by atoms with Gasteiger partial charge < -0.3 is 4.57 Å². The van der Waals surface area contributed by atoms with Crippen LogP contribution >= 0.6 is 0 Å². The fourth-order valence-electron chi connectivity index (χ4n) is 2.66. The number of aryl methyl sites for hydroxylation is 1. The van der Waals surface area contributed by atoms with Crippen LogP contribution in [-0.2, 0) is 23.8 Å². The second-order valence-electron chi connectivity index (χ2n) is 5.76. The Labute approximate surface area is 153 Å². The lowest BCUT2D eigenvalue weighted by Gasteiger charge is -2.19. The first kappa shape index (κ1) is 19.4. The van der Waals surface area contributed by atoms with Crippen molar-refractivity contribution in [2.75, 3.05) is 5.75 Å². The highest BCUT2D eigenvalue weighted by molar-refractivity contribution is 7.85. The summed E-state index contributed by atoms with van der Waals surface area (Å²) in [5.41, 5.74) is -0.741. The molecule has 0 saturated carbocycles. The second-order valence-corrected chi connectivity index (χ2v) is 7.47. The minimum atomic E-state index is -5.73. The van der Waals surface area contributed by atoms with Gasteiger partial charge in [-0.3, -0.25) is 4.21 Å². The smallest absolute Gasteiger partial charge is 0.312 e. The van der Waals surface area contributed by atoms with Crippen molar-refractivity contribution in [3.8, 4) is 11.4 Å². The summed E-state index contributed by atoms with van der Waals surface area (Å²) in [5.74, 6) is -4.39. The molecule has 2 aromatic heterocycles. The number of benzene rings is 1. The van der Waals surface area contributed by atoms with E-state index in [2.05, 4.69) is 9.97 Å². The lowest BCUT2D eigenvalue weighted by Crippen LogP contribution is -2.33.